The van der Waals surface area contributed by atoms with E-state index < -0.39 is 5.97 Å². The number of carboxylic acids is 1. The van der Waals surface area contributed by atoms with Gasteiger partial charge >= 0.3 is 12.0 Å². The average Bonchev–Trinajstić information content (AvgIpc) is 2.65. The van der Waals surface area contributed by atoms with E-state index in [0.29, 0.717) is 5.00 Å². The molecule has 0 aliphatic heterocycles. The molecule has 3 N–H and O–H groups in total. The maximum atomic E-state index is 12.0. The molecule has 1 aromatic heterocycles. The molecule has 0 radical (unpaired) electrons. The first kappa shape index (κ1) is 14.8. The molecule has 1 heterocycles. The van der Waals surface area contributed by atoms with Crippen molar-refractivity contribution in [3.63, 3.8) is 0 Å². The monoisotopic (exact) mass is 296 g/mol. The van der Waals surface area contributed by atoms with Gasteiger partial charge in [0.05, 0.1) is 5.56 Å². The van der Waals surface area contributed by atoms with Crippen LogP contribution in [0.5, 0.6) is 0 Å². The first-order valence-electron chi connectivity index (χ1n) is 6.90. The molecule has 0 spiro atoms. The fraction of sp³-hybridized carbons (Fsp3) is 0.571. The van der Waals surface area contributed by atoms with E-state index in [4.69, 9.17) is 0 Å². The Morgan fingerprint density at radius 3 is 2.45 bits per heavy atom. The average molecular weight is 296 g/mol. The van der Waals surface area contributed by atoms with Crippen LogP contribution in [0.15, 0.2) is 0 Å². The van der Waals surface area contributed by atoms with Crippen LogP contribution in [0.25, 0.3) is 0 Å². The van der Waals surface area contributed by atoms with Gasteiger partial charge in [-0.05, 0) is 32.3 Å². The molecule has 2 amide bonds. The summed E-state index contributed by atoms with van der Waals surface area (Å²) in [5.74, 6) is -1.00. The van der Waals surface area contributed by atoms with Gasteiger partial charge in [-0.3, -0.25) is 5.32 Å². The molecule has 0 aromatic carbocycles. The maximum Gasteiger partial charge on any atom is 0.338 e. The van der Waals surface area contributed by atoms with Crippen LogP contribution in [0, 0.1) is 13.8 Å². The van der Waals surface area contributed by atoms with E-state index in [-0.39, 0.29) is 17.6 Å². The summed E-state index contributed by atoms with van der Waals surface area (Å²) in [4.78, 5) is 24.1. The summed E-state index contributed by atoms with van der Waals surface area (Å²) in [6, 6.07) is -0.0974. The Balaban J connectivity index is 2.04. The van der Waals surface area contributed by atoms with Crippen molar-refractivity contribution in [2.24, 2.45) is 0 Å². The number of aryl methyl sites for hydroxylation is 1. The molecule has 1 aliphatic carbocycles. The van der Waals surface area contributed by atoms with Crippen LogP contribution in [0.3, 0.4) is 0 Å². The zero-order chi connectivity index (χ0) is 14.7. The number of rotatable bonds is 3. The van der Waals surface area contributed by atoms with E-state index in [1.54, 1.807) is 6.92 Å². The summed E-state index contributed by atoms with van der Waals surface area (Å²) >= 11 is 1.31. The van der Waals surface area contributed by atoms with Crippen molar-refractivity contribution >= 4 is 28.3 Å². The zero-order valence-electron chi connectivity index (χ0n) is 11.8. The third-order valence-corrected chi connectivity index (χ3v) is 4.89. The van der Waals surface area contributed by atoms with Crippen LogP contribution in [-0.4, -0.2) is 23.1 Å². The minimum Gasteiger partial charge on any atom is -0.478 e. The van der Waals surface area contributed by atoms with E-state index in [1.165, 1.54) is 17.8 Å². The van der Waals surface area contributed by atoms with Gasteiger partial charge in [0.1, 0.15) is 5.00 Å². The predicted octanol–water partition coefficient (Wildman–Crippen LogP) is 3.52. The maximum absolute atomic E-state index is 12.0. The van der Waals surface area contributed by atoms with Crippen molar-refractivity contribution in [2.75, 3.05) is 5.32 Å². The summed E-state index contributed by atoms with van der Waals surface area (Å²) in [5.41, 5.74) is 0.918. The van der Waals surface area contributed by atoms with Crippen LogP contribution in [0.2, 0.25) is 0 Å². The minimum atomic E-state index is -1.00. The number of urea groups is 1. The van der Waals surface area contributed by atoms with Gasteiger partial charge in [0, 0.05) is 10.9 Å². The molecule has 110 valence electrons. The number of nitrogens with one attached hydrogen (secondary N) is 2. The van der Waals surface area contributed by atoms with Crippen molar-refractivity contribution in [1.29, 1.82) is 0 Å². The molecule has 20 heavy (non-hydrogen) atoms. The summed E-state index contributed by atoms with van der Waals surface area (Å²) in [7, 11) is 0. The van der Waals surface area contributed by atoms with Crippen molar-refractivity contribution < 1.29 is 14.7 Å². The van der Waals surface area contributed by atoms with Gasteiger partial charge < -0.3 is 10.4 Å². The van der Waals surface area contributed by atoms with E-state index in [2.05, 4.69) is 10.6 Å². The lowest BCUT2D eigenvalue weighted by Gasteiger charge is -2.22. The second-order valence-electron chi connectivity index (χ2n) is 5.23. The number of anilines is 1. The third-order valence-electron chi connectivity index (χ3n) is 3.77. The lowest BCUT2D eigenvalue weighted by molar-refractivity contribution is 0.0697. The fourth-order valence-corrected chi connectivity index (χ4v) is 3.59. The molecule has 2 rings (SSSR count). The Bertz CT molecular complexity index is 519. The molecule has 1 fully saturated rings. The normalized spacial score (nSPS) is 15.9. The Hall–Kier alpha value is -1.56. The Morgan fingerprint density at radius 2 is 1.85 bits per heavy atom. The lowest BCUT2D eigenvalue weighted by Crippen LogP contribution is -2.39. The Kier molecular flexibility index (Phi) is 4.65. The molecule has 0 unspecified atom stereocenters. The van der Waals surface area contributed by atoms with Gasteiger partial charge in [-0.25, -0.2) is 9.59 Å². The first-order valence-corrected chi connectivity index (χ1v) is 7.71. The highest BCUT2D eigenvalue weighted by Gasteiger charge is 2.21. The topological polar surface area (TPSA) is 78.4 Å². The number of thiophene rings is 1. The van der Waals surface area contributed by atoms with Gasteiger partial charge in [-0.15, -0.1) is 11.3 Å². The number of carbonyl (C=O) groups excluding carboxylic acids is 1. The van der Waals surface area contributed by atoms with Crippen molar-refractivity contribution in [2.45, 2.75) is 52.0 Å². The first-order chi connectivity index (χ1) is 9.49. The molecular formula is C14H20N2O3S. The quantitative estimate of drug-likeness (QED) is 0.798. The van der Waals surface area contributed by atoms with Gasteiger partial charge in [0.15, 0.2) is 0 Å². The molecule has 5 nitrogen and oxygen atoms in total. The second kappa shape index (κ2) is 6.26. The second-order valence-corrected chi connectivity index (χ2v) is 6.45. The highest BCUT2D eigenvalue weighted by Crippen LogP contribution is 2.32. The standard InChI is InChI=1S/C14H20N2O3S/c1-8-9(2)20-12(11(8)13(17)18)16-14(19)15-10-6-4-3-5-7-10/h10H,3-7H2,1-2H3,(H,17,18)(H2,15,16,19). The molecule has 1 saturated carbocycles. The van der Waals surface area contributed by atoms with Crippen molar-refractivity contribution in [3.8, 4) is 0 Å². The molecule has 0 saturated heterocycles. The highest BCUT2D eigenvalue weighted by atomic mass is 32.1. The fourth-order valence-electron chi connectivity index (χ4n) is 2.54. The van der Waals surface area contributed by atoms with E-state index in [0.717, 1.165) is 36.1 Å². The number of hydrogen-bond donors (Lipinski definition) is 3. The number of carbonyl (C=O) groups is 2. The van der Waals surface area contributed by atoms with Crippen molar-refractivity contribution in [1.82, 2.24) is 5.32 Å². The molecule has 0 atom stereocenters. The molecule has 1 aromatic rings. The van der Waals surface area contributed by atoms with Crippen LogP contribution in [-0.2, 0) is 0 Å². The van der Waals surface area contributed by atoms with Gasteiger partial charge in [0.25, 0.3) is 0 Å². The molecule has 0 bridgehead atoms. The van der Waals surface area contributed by atoms with Crippen molar-refractivity contribution in [3.05, 3.63) is 16.0 Å². The molecular weight excluding hydrogens is 276 g/mol. The summed E-state index contributed by atoms with van der Waals surface area (Å²) in [5, 5.41) is 15.3. The number of aromatic carboxylic acids is 1. The SMILES string of the molecule is Cc1sc(NC(=O)NC2CCCCC2)c(C(=O)O)c1C. The number of carboxylic acid groups (broad SMARTS) is 1. The van der Waals surface area contributed by atoms with Crippen LogP contribution in [0.1, 0.15) is 52.9 Å². The highest BCUT2D eigenvalue weighted by molar-refractivity contribution is 7.16. The smallest absolute Gasteiger partial charge is 0.338 e. The minimum absolute atomic E-state index is 0.200. The van der Waals surface area contributed by atoms with E-state index in [9.17, 15) is 14.7 Å². The predicted molar refractivity (Wildman–Crippen MR) is 79.8 cm³/mol. The van der Waals surface area contributed by atoms with Gasteiger partial charge in [-0.1, -0.05) is 19.3 Å². The van der Waals surface area contributed by atoms with Crippen LogP contribution >= 0.6 is 11.3 Å². The van der Waals surface area contributed by atoms with E-state index >= 15 is 0 Å². The van der Waals surface area contributed by atoms with Crippen LogP contribution < -0.4 is 10.6 Å². The van der Waals surface area contributed by atoms with Crippen LogP contribution in [0.4, 0.5) is 9.80 Å². The molecule has 6 heteroatoms. The zero-order valence-corrected chi connectivity index (χ0v) is 12.6. The summed E-state index contributed by atoms with van der Waals surface area (Å²) < 4.78 is 0. The van der Waals surface area contributed by atoms with Gasteiger partial charge in [0.2, 0.25) is 0 Å². The summed E-state index contributed by atoms with van der Waals surface area (Å²) in [6.07, 6.45) is 5.51. The summed E-state index contributed by atoms with van der Waals surface area (Å²) in [6.45, 7) is 3.62. The Morgan fingerprint density at radius 1 is 1.20 bits per heavy atom. The Labute approximate surface area is 122 Å². The molecule has 1 aliphatic rings. The lowest BCUT2D eigenvalue weighted by atomic mass is 9.96. The number of amides is 2. The van der Waals surface area contributed by atoms with E-state index in [1.807, 2.05) is 6.92 Å². The van der Waals surface area contributed by atoms with Gasteiger partial charge in [-0.2, -0.15) is 0 Å². The third kappa shape index (κ3) is 3.30. The number of hydrogen-bond acceptors (Lipinski definition) is 3. The largest absolute Gasteiger partial charge is 0.478 e.